The van der Waals surface area contributed by atoms with Crippen molar-refractivity contribution < 1.29 is 0 Å². The van der Waals surface area contributed by atoms with Gasteiger partial charge in [-0.25, -0.2) is 0 Å². The van der Waals surface area contributed by atoms with Crippen molar-refractivity contribution in [3.63, 3.8) is 0 Å². The maximum Gasteiger partial charge on any atom is 0.0855 e. The number of para-hydroxylation sites is 1. The lowest BCUT2D eigenvalue weighted by Crippen LogP contribution is -2.11. The molecule has 0 amide bonds. The third-order valence-corrected chi connectivity index (χ3v) is 4.04. The SMILES string of the molecule is CCCCCC(Br)(Br)CC=NNc1ccccc1. The van der Waals surface area contributed by atoms with Crippen molar-refractivity contribution >= 4 is 43.8 Å². The molecule has 0 aliphatic carbocycles. The molecule has 0 heterocycles. The van der Waals surface area contributed by atoms with Crippen LogP contribution in [0.1, 0.15) is 39.0 Å². The number of halogens is 2. The van der Waals surface area contributed by atoms with Crippen molar-refractivity contribution in [2.24, 2.45) is 5.10 Å². The second-order valence-electron chi connectivity index (χ2n) is 4.31. The van der Waals surface area contributed by atoms with E-state index in [0.29, 0.717) is 0 Å². The van der Waals surface area contributed by atoms with Crippen LogP contribution >= 0.6 is 31.9 Å². The van der Waals surface area contributed by atoms with Gasteiger partial charge in [-0.05, 0) is 18.6 Å². The fourth-order valence-electron chi connectivity index (χ4n) is 1.55. The summed E-state index contributed by atoms with van der Waals surface area (Å²) in [6, 6.07) is 9.95. The zero-order valence-electron chi connectivity index (χ0n) is 10.7. The number of rotatable bonds is 8. The van der Waals surface area contributed by atoms with Gasteiger partial charge < -0.3 is 0 Å². The highest BCUT2D eigenvalue weighted by Crippen LogP contribution is 2.35. The molecule has 0 atom stereocenters. The number of benzene rings is 1. The van der Waals surface area contributed by atoms with E-state index in [1.54, 1.807) is 0 Å². The Morgan fingerprint density at radius 2 is 1.94 bits per heavy atom. The molecule has 18 heavy (non-hydrogen) atoms. The molecule has 1 rings (SSSR count). The Bertz CT molecular complexity index is 350. The van der Waals surface area contributed by atoms with Crippen LogP contribution in [0.15, 0.2) is 35.4 Å². The summed E-state index contributed by atoms with van der Waals surface area (Å²) in [5, 5.41) is 4.22. The largest absolute Gasteiger partial charge is 0.279 e. The van der Waals surface area contributed by atoms with Crippen molar-refractivity contribution in [3.8, 4) is 0 Å². The Morgan fingerprint density at radius 3 is 2.61 bits per heavy atom. The molecule has 0 saturated heterocycles. The van der Waals surface area contributed by atoms with Gasteiger partial charge in [0.25, 0.3) is 0 Å². The maximum atomic E-state index is 4.22. The minimum atomic E-state index is -0.0168. The highest BCUT2D eigenvalue weighted by Gasteiger charge is 2.20. The van der Waals surface area contributed by atoms with E-state index in [0.717, 1.165) is 18.5 Å². The van der Waals surface area contributed by atoms with Crippen LogP contribution in [-0.4, -0.2) is 9.45 Å². The lowest BCUT2D eigenvalue weighted by Gasteiger charge is -2.17. The number of hydrogen-bond donors (Lipinski definition) is 1. The number of unbranched alkanes of at least 4 members (excludes halogenated alkanes) is 2. The summed E-state index contributed by atoms with van der Waals surface area (Å²) in [5.74, 6) is 0. The highest BCUT2D eigenvalue weighted by molar-refractivity contribution is 9.25. The van der Waals surface area contributed by atoms with E-state index in [9.17, 15) is 0 Å². The van der Waals surface area contributed by atoms with Gasteiger partial charge in [0.1, 0.15) is 0 Å². The molecule has 100 valence electrons. The summed E-state index contributed by atoms with van der Waals surface area (Å²) in [4.78, 5) is 0. The van der Waals surface area contributed by atoms with Gasteiger partial charge in [-0.2, -0.15) is 5.10 Å². The predicted octanol–water partition coefficient (Wildman–Crippen LogP) is 5.54. The van der Waals surface area contributed by atoms with Gasteiger partial charge in [0.05, 0.1) is 8.92 Å². The van der Waals surface area contributed by atoms with Crippen LogP contribution in [0.25, 0.3) is 0 Å². The van der Waals surface area contributed by atoms with Crippen LogP contribution in [0.5, 0.6) is 0 Å². The molecule has 0 saturated carbocycles. The van der Waals surface area contributed by atoms with Crippen molar-refractivity contribution in [1.29, 1.82) is 0 Å². The Balaban J connectivity index is 2.26. The maximum absolute atomic E-state index is 4.22. The Morgan fingerprint density at radius 1 is 1.22 bits per heavy atom. The third-order valence-electron chi connectivity index (χ3n) is 2.59. The van der Waals surface area contributed by atoms with Gasteiger partial charge in [0.15, 0.2) is 0 Å². The zero-order valence-corrected chi connectivity index (χ0v) is 13.9. The Labute approximate surface area is 127 Å². The van der Waals surface area contributed by atoms with Crippen LogP contribution in [0.4, 0.5) is 5.69 Å². The number of anilines is 1. The summed E-state index contributed by atoms with van der Waals surface area (Å²) in [5.41, 5.74) is 4.02. The first-order valence-electron chi connectivity index (χ1n) is 6.34. The minimum Gasteiger partial charge on any atom is -0.279 e. The highest BCUT2D eigenvalue weighted by atomic mass is 79.9. The molecule has 4 heteroatoms. The van der Waals surface area contributed by atoms with E-state index in [1.165, 1.54) is 19.3 Å². The second kappa shape index (κ2) is 8.70. The van der Waals surface area contributed by atoms with E-state index in [-0.39, 0.29) is 3.23 Å². The van der Waals surface area contributed by atoms with Gasteiger partial charge in [-0.3, -0.25) is 5.43 Å². The van der Waals surface area contributed by atoms with Crippen LogP contribution < -0.4 is 5.43 Å². The molecule has 1 aromatic carbocycles. The van der Waals surface area contributed by atoms with E-state index in [4.69, 9.17) is 0 Å². The Kier molecular flexibility index (Phi) is 7.59. The van der Waals surface area contributed by atoms with Crippen LogP contribution in [0, 0.1) is 0 Å². The van der Waals surface area contributed by atoms with Gasteiger partial charge in [-0.15, -0.1) is 0 Å². The van der Waals surface area contributed by atoms with E-state index >= 15 is 0 Å². The molecule has 0 spiro atoms. The van der Waals surface area contributed by atoms with E-state index in [1.807, 2.05) is 36.5 Å². The van der Waals surface area contributed by atoms with Crippen molar-refractivity contribution in [2.75, 3.05) is 5.43 Å². The second-order valence-corrected chi connectivity index (χ2v) is 8.41. The molecule has 0 radical (unpaired) electrons. The summed E-state index contributed by atoms with van der Waals surface area (Å²) >= 11 is 7.39. The molecule has 0 aliphatic heterocycles. The first kappa shape index (κ1) is 15.7. The number of hydrogen-bond acceptors (Lipinski definition) is 2. The topological polar surface area (TPSA) is 24.4 Å². The van der Waals surface area contributed by atoms with E-state index in [2.05, 4.69) is 49.3 Å². The van der Waals surface area contributed by atoms with Gasteiger partial charge >= 0.3 is 0 Å². The average Bonchev–Trinajstić information content (AvgIpc) is 2.36. The van der Waals surface area contributed by atoms with Crippen molar-refractivity contribution in [1.82, 2.24) is 0 Å². The summed E-state index contributed by atoms with van der Waals surface area (Å²) in [6.45, 7) is 2.22. The average molecular weight is 376 g/mol. The molecule has 0 aromatic heterocycles. The number of alkyl halides is 2. The number of nitrogens with one attached hydrogen (secondary N) is 1. The molecule has 0 fully saturated rings. The Hall–Kier alpha value is -0.350. The van der Waals surface area contributed by atoms with Crippen molar-refractivity contribution in [3.05, 3.63) is 30.3 Å². The van der Waals surface area contributed by atoms with Gasteiger partial charge in [0.2, 0.25) is 0 Å². The van der Waals surface area contributed by atoms with E-state index < -0.39 is 0 Å². The monoisotopic (exact) mass is 374 g/mol. The standard InChI is InChI=1S/C14H20Br2N2/c1-2-3-7-10-14(15,16)11-12-17-18-13-8-5-4-6-9-13/h4-6,8-9,12,18H,2-3,7,10-11H2,1H3. The third kappa shape index (κ3) is 7.17. The lowest BCUT2D eigenvalue weighted by atomic mass is 10.1. The van der Waals surface area contributed by atoms with Crippen LogP contribution in [0.3, 0.4) is 0 Å². The molecule has 0 bridgehead atoms. The molecular weight excluding hydrogens is 356 g/mol. The van der Waals surface area contributed by atoms with Crippen molar-refractivity contribution in [2.45, 2.75) is 42.3 Å². The normalized spacial score (nSPS) is 11.9. The molecule has 0 aliphatic rings. The van der Waals surface area contributed by atoms with Crippen LogP contribution in [-0.2, 0) is 0 Å². The number of nitrogens with zero attached hydrogens (tertiary/aromatic N) is 1. The molecular formula is C14H20Br2N2. The molecule has 1 aromatic rings. The summed E-state index contributed by atoms with van der Waals surface area (Å²) in [7, 11) is 0. The first-order valence-corrected chi connectivity index (χ1v) is 7.93. The minimum absolute atomic E-state index is 0.0168. The number of hydrazone groups is 1. The first-order chi connectivity index (χ1) is 8.64. The summed E-state index contributed by atoms with van der Waals surface area (Å²) in [6.07, 6.45) is 7.63. The fraction of sp³-hybridized carbons (Fsp3) is 0.500. The molecule has 0 unspecified atom stereocenters. The smallest absolute Gasteiger partial charge is 0.0855 e. The zero-order chi connectivity index (χ0) is 13.3. The molecule has 1 N–H and O–H groups in total. The summed E-state index contributed by atoms with van der Waals surface area (Å²) < 4.78 is -0.0168. The van der Waals surface area contributed by atoms with Crippen LogP contribution in [0.2, 0.25) is 0 Å². The fourth-order valence-corrected chi connectivity index (χ4v) is 2.40. The predicted molar refractivity (Wildman–Crippen MR) is 87.9 cm³/mol. The van der Waals surface area contributed by atoms with Gasteiger partial charge in [-0.1, -0.05) is 76.2 Å². The molecule has 2 nitrogen and oxygen atoms in total. The quantitative estimate of drug-likeness (QED) is 0.274. The lowest BCUT2D eigenvalue weighted by molar-refractivity contribution is 0.643. The van der Waals surface area contributed by atoms with Gasteiger partial charge in [0, 0.05) is 12.6 Å².